The van der Waals surface area contributed by atoms with Gasteiger partial charge in [0.1, 0.15) is 5.75 Å². The summed E-state index contributed by atoms with van der Waals surface area (Å²) in [5.41, 5.74) is 2.21. The molecule has 0 spiro atoms. The van der Waals surface area contributed by atoms with E-state index >= 15 is 0 Å². The van der Waals surface area contributed by atoms with Crippen LogP contribution in [0.4, 0.5) is 8.78 Å². The first kappa shape index (κ1) is 27.3. The lowest BCUT2D eigenvalue weighted by Crippen LogP contribution is -2.41. The molecule has 8 heteroatoms. The van der Waals surface area contributed by atoms with Crippen molar-refractivity contribution in [3.8, 4) is 5.75 Å². The van der Waals surface area contributed by atoms with Gasteiger partial charge in [0.15, 0.2) is 11.6 Å². The number of aryl methyl sites for hydroxylation is 1. The van der Waals surface area contributed by atoms with Gasteiger partial charge in [0.2, 0.25) is 0 Å². The summed E-state index contributed by atoms with van der Waals surface area (Å²) >= 11 is 1.33. The quantitative estimate of drug-likeness (QED) is 0.273. The highest BCUT2D eigenvalue weighted by molar-refractivity contribution is 7.99. The van der Waals surface area contributed by atoms with Crippen LogP contribution in [-0.4, -0.2) is 53.5 Å². The van der Waals surface area contributed by atoms with Gasteiger partial charge in [0, 0.05) is 41.7 Å². The van der Waals surface area contributed by atoms with Crippen LogP contribution in [0.3, 0.4) is 0 Å². The predicted molar refractivity (Wildman–Crippen MR) is 143 cm³/mol. The van der Waals surface area contributed by atoms with E-state index in [1.165, 1.54) is 23.4 Å². The molecule has 1 saturated heterocycles. The maximum atomic E-state index is 13.9. The number of rotatable bonds is 12. The number of hydrogen-bond acceptors (Lipinski definition) is 5. The minimum atomic E-state index is -0.821. The molecule has 3 aromatic rings. The van der Waals surface area contributed by atoms with Gasteiger partial charge in [0.05, 0.1) is 12.6 Å². The molecule has 0 bridgehead atoms. The van der Waals surface area contributed by atoms with Gasteiger partial charge < -0.3 is 14.7 Å². The van der Waals surface area contributed by atoms with E-state index in [0.717, 1.165) is 68.0 Å². The number of aromatic nitrogens is 1. The molecule has 37 heavy (non-hydrogen) atoms. The van der Waals surface area contributed by atoms with Crippen molar-refractivity contribution in [2.45, 2.75) is 43.4 Å². The topological polar surface area (TPSA) is 62.7 Å². The third-order valence-corrected chi connectivity index (χ3v) is 8.36. The van der Waals surface area contributed by atoms with Crippen LogP contribution >= 0.6 is 11.8 Å². The van der Waals surface area contributed by atoms with Crippen LogP contribution in [0.2, 0.25) is 0 Å². The zero-order valence-electron chi connectivity index (χ0n) is 21.2. The van der Waals surface area contributed by atoms with Crippen LogP contribution in [0.5, 0.6) is 5.75 Å². The van der Waals surface area contributed by atoms with Crippen LogP contribution in [0, 0.1) is 23.5 Å². The number of methoxy groups -OCH3 is 1. The second kappa shape index (κ2) is 13.2. The Hall–Kier alpha value is -2.71. The summed E-state index contributed by atoms with van der Waals surface area (Å²) in [6.45, 7) is 2.55. The average molecular weight is 529 g/mol. The molecule has 198 valence electrons. The Bertz CT molecular complexity index is 1210. The van der Waals surface area contributed by atoms with E-state index in [0.29, 0.717) is 28.9 Å². The smallest absolute Gasteiger partial charge is 0.303 e. The number of piperidine rings is 1. The Kier molecular flexibility index (Phi) is 9.75. The molecule has 0 unspecified atom stereocenters. The summed E-state index contributed by atoms with van der Waals surface area (Å²) in [6, 6.07) is 12.3. The lowest BCUT2D eigenvalue weighted by atomic mass is 9.79. The number of hydrogen-bond donors (Lipinski definition) is 1. The third kappa shape index (κ3) is 7.42. The summed E-state index contributed by atoms with van der Waals surface area (Å²) in [5.74, 6) is -0.0905. The number of carboxylic acids is 1. The number of ether oxygens (including phenoxy) is 1. The molecule has 2 aromatic carbocycles. The Balaban J connectivity index is 1.32. The van der Waals surface area contributed by atoms with Gasteiger partial charge >= 0.3 is 5.97 Å². The number of halogens is 2. The Morgan fingerprint density at radius 2 is 2.05 bits per heavy atom. The summed E-state index contributed by atoms with van der Waals surface area (Å²) < 4.78 is 32.8. The van der Waals surface area contributed by atoms with E-state index < -0.39 is 17.6 Å². The molecule has 2 heterocycles. The van der Waals surface area contributed by atoms with Crippen LogP contribution in [0.15, 0.2) is 53.6 Å². The zero-order chi connectivity index (χ0) is 26.2. The first-order valence-corrected chi connectivity index (χ1v) is 13.9. The number of nitrogens with zero attached hydrogens (tertiary/aromatic N) is 2. The highest BCUT2D eigenvalue weighted by atomic mass is 32.2. The van der Waals surface area contributed by atoms with E-state index in [9.17, 15) is 18.7 Å². The molecule has 1 N–H and O–H groups in total. The molecule has 4 rings (SSSR count). The van der Waals surface area contributed by atoms with Gasteiger partial charge in [-0.05, 0) is 92.4 Å². The first-order valence-electron chi connectivity index (χ1n) is 12.9. The molecule has 1 fully saturated rings. The van der Waals surface area contributed by atoms with Gasteiger partial charge in [-0.2, -0.15) is 0 Å². The van der Waals surface area contributed by atoms with Crippen LogP contribution < -0.4 is 4.74 Å². The van der Waals surface area contributed by atoms with Gasteiger partial charge in [-0.15, -0.1) is 11.8 Å². The van der Waals surface area contributed by atoms with Crippen molar-refractivity contribution >= 4 is 28.6 Å². The fourth-order valence-electron chi connectivity index (χ4n) is 5.34. The molecule has 1 aliphatic rings. The minimum absolute atomic E-state index is 0.174. The van der Waals surface area contributed by atoms with Gasteiger partial charge in [-0.3, -0.25) is 9.78 Å². The zero-order valence-corrected chi connectivity index (χ0v) is 22.0. The molecule has 1 aromatic heterocycles. The number of aliphatic carboxylic acids is 1. The van der Waals surface area contributed by atoms with E-state index in [2.05, 4.69) is 16.0 Å². The minimum Gasteiger partial charge on any atom is -0.497 e. The van der Waals surface area contributed by atoms with Crippen molar-refractivity contribution in [2.24, 2.45) is 11.8 Å². The molecule has 0 radical (unpaired) electrons. The molecule has 1 aliphatic heterocycles. The number of benzene rings is 2. The maximum Gasteiger partial charge on any atom is 0.303 e. The highest BCUT2D eigenvalue weighted by Crippen LogP contribution is 2.33. The summed E-state index contributed by atoms with van der Waals surface area (Å²) in [4.78, 5) is 18.4. The van der Waals surface area contributed by atoms with Crippen molar-refractivity contribution in [1.82, 2.24) is 9.88 Å². The lowest BCUT2D eigenvalue weighted by Gasteiger charge is -2.39. The standard InChI is InChI=1S/C29H34F2N2O3S/c1-36-23-9-10-26-24(18-23)21(12-14-32-26)5-2-4-20-13-15-33(19-22(20)8-11-28(34)35)16-17-37-27-7-3-6-25(30)29(27)31/h3,6-7,9-10,12,14,18,20,22H,2,4-5,8,11,13,15-17,19H2,1H3,(H,34,35)/t20-,22+/m1/s1. The predicted octanol–water partition coefficient (Wildman–Crippen LogP) is 6.44. The Morgan fingerprint density at radius 3 is 2.86 bits per heavy atom. The molecular formula is C29H34F2N2O3S. The van der Waals surface area contributed by atoms with Crippen molar-refractivity contribution in [1.29, 1.82) is 0 Å². The molecule has 2 atom stereocenters. The number of likely N-dealkylation sites (tertiary alicyclic amines) is 1. The number of carbonyl (C=O) groups is 1. The number of carboxylic acid groups (broad SMARTS) is 1. The van der Waals surface area contributed by atoms with Crippen molar-refractivity contribution < 1.29 is 23.4 Å². The normalized spacial score (nSPS) is 18.2. The second-order valence-corrected chi connectivity index (χ2v) is 10.8. The van der Waals surface area contributed by atoms with Gasteiger partial charge in [0.25, 0.3) is 0 Å². The Morgan fingerprint density at radius 1 is 1.19 bits per heavy atom. The summed E-state index contributed by atoms with van der Waals surface area (Å²) in [5, 5.41) is 10.4. The highest BCUT2D eigenvalue weighted by Gasteiger charge is 2.29. The first-order chi connectivity index (χ1) is 17.9. The number of thioether (sulfide) groups is 1. The van der Waals surface area contributed by atoms with Gasteiger partial charge in [-0.1, -0.05) is 6.07 Å². The second-order valence-electron chi connectivity index (χ2n) is 9.69. The van der Waals surface area contributed by atoms with Crippen LogP contribution in [-0.2, 0) is 11.2 Å². The fourth-order valence-corrected chi connectivity index (χ4v) is 6.31. The van der Waals surface area contributed by atoms with Crippen LogP contribution in [0.1, 0.15) is 37.7 Å². The van der Waals surface area contributed by atoms with Crippen LogP contribution in [0.25, 0.3) is 10.9 Å². The molecular weight excluding hydrogens is 494 g/mol. The number of pyridine rings is 1. The van der Waals surface area contributed by atoms with Crippen molar-refractivity contribution in [3.05, 3.63) is 65.9 Å². The molecule has 0 amide bonds. The third-order valence-electron chi connectivity index (χ3n) is 7.35. The van der Waals surface area contributed by atoms with Gasteiger partial charge in [-0.25, -0.2) is 8.78 Å². The monoisotopic (exact) mass is 528 g/mol. The molecule has 0 aliphatic carbocycles. The fraction of sp³-hybridized carbons (Fsp3) is 0.448. The average Bonchev–Trinajstić information content (AvgIpc) is 2.90. The van der Waals surface area contributed by atoms with E-state index in [1.807, 2.05) is 24.4 Å². The molecule has 0 saturated carbocycles. The lowest BCUT2D eigenvalue weighted by molar-refractivity contribution is -0.137. The van der Waals surface area contributed by atoms with E-state index in [4.69, 9.17) is 4.74 Å². The number of fused-ring (bicyclic) bond motifs is 1. The maximum absolute atomic E-state index is 13.9. The van der Waals surface area contributed by atoms with Crippen molar-refractivity contribution in [3.63, 3.8) is 0 Å². The summed E-state index contributed by atoms with van der Waals surface area (Å²) in [7, 11) is 1.67. The van der Waals surface area contributed by atoms with Crippen molar-refractivity contribution in [2.75, 3.05) is 32.5 Å². The van der Waals surface area contributed by atoms with E-state index in [-0.39, 0.29) is 6.42 Å². The SMILES string of the molecule is COc1ccc2nccc(CCC[C@@H]3CCN(CCSc4cccc(F)c4F)C[C@@H]3CCC(=O)O)c2c1. The van der Waals surface area contributed by atoms with E-state index in [1.54, 1.807) is 13.2 Å². The molecule has 5 nitrogen and oxygen atoms in total. The Labute approximate surface area is 221 Å². The largest absolute Gasteiger partial charge is 0.497 e. The summed E-state index contributed by atoms with van der Waals surface area (Å²) in [6.07, 6.45) is 6.73.